The molecule has 2 heteroatoms. The maximum atomic E-state index is 4.28. The molecule has 2 heterocycles. The van der Waals surface area contributed by atoms with E-state index in [1.54, 1.807) is 0 Å². The van der Waals surface area contributed by atoms with Gasteiger partial charge in [-0.15, -0.1) is 0 Å². The molecule has 1 atom stereocenters. The standard InChI is InChI=1S/C10H14N2/c1-7(2)9-6-8-4-3-5-11-10(8)12-9/h3-5,7,9H,6H2,1-2H3,(H,11,12). The molecule has 0 amide bonds. The van der Waals surface area contributed by atoms with E-state index in [1.165, 1.54) is 5.56 Å². The smallest absolute Gasteiger partial charge is 0.129 e. The molecule has 2 rings (SSSR count). The summed E-state index contributed by atoms with van der Waals surface area (Å²) in [5.74, 6) is 1.76. The van der Waals surface area contributed by atoms with Crippen molar-refractivity contribution in [2.45, 2.75) is 26.3 Å². The van der Waals surface area contributed by atoms with E-state index in [-0.39, 0.29) is 0 Å². The van der Waals surface area contributed by atoms with Crippen molar-refractivity contribution in [3.63, 3.8) is 0 Å². The van der Waals surface area contributed by atoms with Crippen LogP contribution in [0.2, 0.25) is 0 Å². The maximum absolute atomic E-state index is 4.28. The third-order valence-electron chi connectivity index (χ3n) is 2.46. The lowest BCUT2D eigenvalue weighted by Crippen LogP contribution is -2.22. The van der Waals surface area contributed by atoms with E-state index in [0.29, 0.717) is 12.0 Å². The van der Waals surface area contributed by atoms with Gasteiger partial charge in [0, 0.05) is 12.2 Å². The first-order chi connectivity index (χ1) is 5.77. The fraction of sp³-hybridized carbons (Fsp3) is 0.500. The molecule has 0 radical (unpaired) electrons. The molecule has 1 aliphatic rings. The molecule has 1 unspecified atom stereocenters. The van der Waals surface area contributed by atoms with Crippen LogP contribution >= 0.6 is 0 Å². The summed E-state index contributed by atoms with van der Waals surface area (Å²) in [7, 11) is 0. The van der Waals surface area contributed by atoms with Crippen molar-refractivity contribution in [2.24, 2.45) is 5.92 Å². The van der Waals surface area contributed by atoms with Crippen LogP contribution in [-0.2, 0) is 6.42 Å². The number of rotatable bonds is 1. The lowest BCUT2D eigenvalue weighted by atomic mass is 10.0. The van der Waals surface area contributed by atoms with E-state index >= 15 is 0 Å². The summed E-state index contributed by atoms with van der Waals surface area (Å²) < 4.78 is 0. The Morgan fingerprint density at radius 3 is 3.08 bits per heavy atom. The summed E-state index contributed by atoms with van der Waals surface area (Å²) in [4.78, 5) is 4.28. The third kappa shape index (κ3) is 1.17. The number of nitrogens with zero attached hydrogens (tertiary/aromatic N) is 1. The van der Waals surface area contributed by atoms with Crippen LogP contribution < -0.4 is 5.32 Å². The maximum Gasteiger partial charge on any atom is 0.129 e. The summed E-state index contributed by atoms with van der Waals surface area (Å²) in [6, 6.07) is 4.73. The zero-order valence-corrected chi connectivity index (χ0v) is 7.54. The summed E-state index contributed by atoms with van der Waals surface area (Å²) in [5.41, 5.74) is 1.36. The second kappa shape index (κ2) is 2.77. The molecule has 0 spiro atoms. The van der Waals surface area contributed by atoms with E-state index in [1.807, 2.05) is 12.3 Å². The number of fused-ring (bicyclic) bond motifs is 1. The Labute approximate surface area is 73.0 Å². The van der Waals surface area contributed by atoms with Gasteiger partial charge >= 0.3 is 0 Å². The number of pyridine rings is 1. The first-order valence-electron chi connectivity index (χ1n) is 4.48. The van der Waals surface area contributed by atoms with Gasteiger partial charge in [-0.1, -0.05) is 19.9 Å². The summed E-state index contributed by atoms with van der Waals surface area (Å²) in [6.07, 6.45) is 2.97. The zero-order valence-electron chi connectivity index (χ0n) is 7.54. The topological polar surface area (TPSA) is 24.9 Å². The van der Waals surface area contributed by atoms with Gasteiger partial charge in [0.1, 0.15) is 5.82 Å². The van der Waals surface area contributed by atoms with Gasteiger partial charge in [0.15, 0.2) is 0 Å². The van der Waals surface area contributed by atoms with E-state index in [4.69, 9.17) is 0 Å². The molecule has 0 aliphatic carbocycles. The Kier molecular flexibility index (Phi) is 1.75. The molecule has 0 aromatic carbocycles. The minimum Gasteiger partial charge on any atom is -0.367 e. The van der Waals surface area contributed by atoms with Crippen molar-refractivity contribution in [3.8, 4) is 0 Å². The van der Waals surface area contributed by atoms with Crippen LogP contribution in [0.1, 0.15) is 19.4 Å². The summed E-state index contributed by atoms with van der Waals surface area (Å²) in [6.45, 7) is 4.48. The number of hydrogen-bond acceptors (Lipinski definition) is 2. The molecule has 2 nitrogen and oxygen atoms in total. The number of aromatic nitrogens is 1. The fourth-order valence-electron chi connectivity index (χ4n) is 1.60. The molecular weight excluding hydrogens is 148 g/mol. The highest BCUT2D eigenvalue weighted by atomic mass is 15.0. The molecule has 1 aliphatic heterocycles. The molecular formula is C10H14N2. The normalized spacial score (nSPS) is 20.8. The van der Waals surface area contributed by atoms with Gasteiger partial charge in [0.05, 0.1) is 0 Å². The Hall–Kier alpha value is -1.05. The molecule has 1 aromatic heterocycles. The van der Waals surface area contributed by atoms with Gasteiger partial charge in [0.2, 0.25) is 0 Å². The molecule has 12 heavy (non-hydrogen) atoms. The average Bonchev–Trinajstić information content (AvgIpc) is 2.46. The average molecular weight is 162 g/mol. The van der Waals surface area contributed by atoms with Gasteiger partial charge in [-0.05, 0) is 24.0 Å². The summed E-state index contributed by atoms with van der Waals surface area (Å²) >= 11 is 0. The fourth-order valence-corrected chi connectivity index (χ4v) is 1.60. The van der Waals surface area contributed by atoms with Crippen LogP contribution in [0.15, 0.2) is 18.3 Å². The van der Waals surface area contributed by atoms with Crippen LogP contribution in [0.3, 0.4) is 0 Å². The van der Waals surface area contributed by atoms with Gasteiger partial charge in [-0.3, -0.25) is 0 Å². The Morgan fingerprint density at radius 1 is 1.58 bits per heavy atom. The van der Waals surface area contributed by atoms with Crippen LogP contribution in [0, 0.1) is 5.92 Å². The van der Waals surface area contributed by atoms with Gasteiger partial charge in [0.25, 0.3) is 0 Å². The predicted octanol–water partition coefficient (Wildman–Crippen LogP) is 2.07. The van der Waals surface area contributed by atoms with Crippen LogP contribution in [0.4, 0.5) is 5.82 Å². The van der Waals surface area contributed by atoms with Crippen molar-refractivity contribution < 1.29 is 0 Å². The first-order valence-corrected chi connectivity index (χ1v) is 4.48. The van der Waals surface area contributed by atoms with Crippen molar-refractivity contribution in [2.75, 3.05) is 5.32 Å². The molecule has 1 aromatic rings. The molecule has 0 saturated carbocycles. The minimum atomic E-state index is 0.579. The third-order valence-corrected chi connectivity index (χ3v) is 2.46. The van der Waals surface area contributed by atoms with Gasteiger partial charge in [-0.25, -0.2) is 4.98 Å². The van der Waals surface area contributed by atoms with Crippen molar-refractivity contribution in [3.05, 3.63) is 23.9 Å². The SMILES string of the molecule is CC(C)C1Cc2cccnc2N1. The highest BCUT2D eigenvalue weighted by molar-refractivity contribution is 5.50. The monoisotopic (exact) mass is 162 g/mol. The molecule has 0 bridgehead atoms. The molecule has 1 N–H and O–H groups in total. The molecule has 0 saturated heterocycles. The van der Waals surface area contributed by atoms with Crippen LogP contribution in [0.25, 0.3) is 0 Å². The predicted molar refractivity (Wildman–Crippen MR) is 50.2 cm³/mol. The van der Waals surface area contributed by atoms with Crippen molar-refractivity contribution in [1.29, 1.82) is 0 Å². The minimum absolute atomic E-state index is 0.579. The Morgan fingerprint density at radius 2 is 2.42 bits per heavy atom. The van der Waals surface area contributed by atoms with Crippen LogP contribution in [0.5, 0.6) is 0 Å². The number of hydrogen-bond donors (Lipinski definition) is 1. The van der Waals surface area contributed by atoms with Crippen molar-refractivity contribution in [1.82, 2.24) is 4.98 Å². The lowest BCUT2D eigenvalue weighted by Gasteiger charge is -2.14. The first kappa shape index (κ1) is 7.59. The van der Waals surface area contributed by atoms with Gasteiger partial charge < -0.3 is 5.32 Å². The molecule has 64 valence electrons. The quantitative estimate of drug-likeness (QED) is 0.683. The largest absolute Gasteiger partial charge is 0.367 e. The second-order valence-electron chi connectivity index (χ2n) is 3.71. The second-order valence-corrected chi connectivity index (χ2v) is 3.71. The number of anilines is 1. The highest BCUT2D eigenvalue weighted by Crippen LogP contribution is 2.25. The highest BCUT2D eigenvalue weighted by Gasteiger charge is 2.22. The lowest BCUT2D eigenvalue weighted by molar-refractivity contribution is 0.538. The van der Waals surface area contributed by atoms with E-state index < -0.39 is 0 Å². The Bertz CT molecular complexity index is 256. The van der Waals surface area contributed by atoms with E-state index in [2.05, 4.69) is 30.2 Å². The summed E-state index contributed by atoms with van der Waals surface area (Å²) in [5, 5.41) is 3.42. The molecule has 0 fully saturated rings. The van der Waals surface area contributed by atoms with Crippen molar-refractivity contribution >= 4 is 5.82 Å². The van der Waals surface area contributed by atoms with Crippen LogP contribution in [-0.4, -0.2) is 11.0 Å². The van der Waals surface area contributed by atoms with E-state index in [0.717, 1.165) is 12.2 Å². The van der Waals surface area contributed by atoms with Gasteiger partial charge in [-0.2, -0.15) is 0 Å². The Balaban J connectivity index is 2.22. The zero-order chi connectivity index (χ0) is 8.55. The van der Waals surface area contributed by atoms with E-state index in [9.17, 15) is 0 Å². The number of nitrogens with one attached hydrogen (secondary N) is 1.